The van der Waals surface area contributed by atoms with E-state index in [1.54, 1.807) is 0 Å². The molecule has 1 saturated heterocycles. The van der Waals surface area contributed by atoms with Crippen LogP contribution < -0.4 is 4.90 Å². The summed E-state index contributed by atoms with van der Waals surface area (Å²) in [4.78, 5) is 18.1. The zero-order valence-electron chi connectivity index (χ0n) is 25.3. The lowest BCUT2D eigenvalue weighted by molar-refractivity contribution is 0.0962. The first-order chi connectivity index (χ1) is 21.4. The number of phenols is 1. The molecule has 228 valence electrons. The Kier molecular flexibility index (Phi) is 9.61. The van der Waals surface area contributed by atoms with E-state index < -0.39 is 0 Å². The third-order valence-electron chi connectivity index (χ3n) is 9.46. The number of aromatic hydroxyl groups is 1. The van der Waals surface area contributed by atoms with Gasteiger partial charge in [0, 0.05) is 43.7 Å². The first-order valence-electron chi connectivity index (χ1n) is 15.9. The van der Waals surface area contributed by atoms with Gasteiger partial charge >= 0.3 is 0 Å². The molecule has 1 aliphatic carbocycles. The highest BCUT2D eigenvalue weighted by molar-refractivity contribution is 6.43. The molecule has 4 aromatic carbocycles. The summed E-state index contributed by atoms with van der Waals surface area (Å²) in [5.74, 6) is 0.969. The summed E-state index contributed by atoms with van der Waals surface area (Å²) < 4.78 is 0. The molecule has 44 heavy (non-hydrogen) atoms. The van der Waals surface area contributed by atoms with Gasteiger partial charge < -0.3 is 10.0 Å². The number of phenolic OH excluding ortho intramolecular Hbond substituents is 1. The minimum Gasteiger partial charge on any atom is -0.508 e. The van der Waals surface area contributed by atoms with Gasteiger partial charge in [0.15, 0.2) is 5.78 Å². The topological polar surface area (TPSA) is 43.8 Å². The van der Waals surface area contributed by atoms with Crippen LogP contribution >= 0.6 is 23.2 Å². The molecule has 4 aromatic rings. The SMILES string of the molecule is CCc1ccccc1-c1ccc(O)c(C(c2cccc(C(=O)CC3CCCC3)c2)N2CCN(c3cccc(Cl)c3Cl)CC2)c1. The average molecular weight is 628 g/mol. The van der Waals surface area contributed by atoms with Gasteiger partial charge in [0.2, 0.25) is 0 Å². The monoisotopic (exact) mass is 626 g/mol. The summed E-state index contributed by atoms with van der Waals surface area (Å²) in [6.07, 6.45) is 6.28. The molecular weight excluding hydrogens is 587 g/mol. The minimum absolute atomic E-state index is 0.216. The Morgan fingerprint density at radius 2 is 1.64 bits per heavy atom. The molecule has 6 rings (SSSR count). The van der Waals surface area contributed by atoms with Crippen molar-refractivity contribution in [2.45, 2.75) is 51.5 Å². The highest BCUT2D eigenvalue weighted by Gasteiger charge is 2.30. The van der Waals surface area contributed by atoms with E-state index in [1.807, 2.05) is 42.5 Å². The number of benzene rings is 4. The van der Waals surface area contributed by atoms with Gasteiger partial charge in [0.1, 0.15) is 5.75 Å². The molecule has 1 atom stereocenters. The maximum atomic E-state index is 13.4. The van der Waals surface area contributed by atoms with E-state index in [4.69, 9.17) is 23.2 Å². The fraction of sp³-hybridized carbons (Fsp3) is 0.342. The number of piperazine rings is 1. The van der Waals surface area contributed by atoms with E-state index in [1.165, 1.54) is 24.0 Å². The van der Waals surface area contributed by atoms with Crippen molar-refractivity contribution in [2.24, 2.45) is 5.92 Å². The standard InChI is InChI=1S/C38H40Cl2N2O2/c1-2-27-11-5-6-14-31(27)28-17-18-35(43)32(25-28)38(30-13-7-12-29(24-30)36(44)23-26-9-3-4-10-26)42-21-19-41(20-22-42)34-16-8-15-33(39)37(34)40/h5-8,11-18,24-26,38,43H,2-4,9-10,19-23H2,1H3. The predicted molar refractivity (Wildman–Crippen MR) is 182 cm³/mol. The fourth-order valence-corrected chi connectivity index (χ4v) is 7.49. The second kappa shape index (κ2) is 13.8. The van der Waals surface area contributed by atoms with E-state index >= 15 is 0 Å². The molecule has 1 heterocycles. The van der Waals surface area contributed by atoms with Crippen LogP contribution in [-0.4, -0.2) is 42.0 Å². The zero-order chi connectivity index (χ0) is 30.6. The molecule has 0 aromatic heterocycles. The van der Waals surface area contributed by atoms with E-state index in [0.29, 0.717) is 22.4 Å². The number of Topliss-reactive ketones (excluding diaryl/α,β-unsaturated/α-hetero) is 1. The second-order valence-electron chi connectivity index (χ2n) is 12.2. The van der Waals surface area contributed by atoms with Crippen molar-refractivity contribution in [3.05, 3.63) is 117 Å². The van der Waals surface area contributed by atoms with E-state index in [0.717, 1.165) is 73.4 Å². The smallest absolute Gasteiger partial charge is 0.163 e. The molecule has 1 saturated carbocycles. The van der Waals surface area contributed by atoms with Gasteiger partial charge in [-0.3, -0.25) is 9.69 Å². The predicted octanol–water partition coefficient (Wildman–Crippen LogP) is 9.60. The maximum absolute atomic E-state index is 13.4. The van der Waals surface area contributed by atoms with Gasteiger partial charge in [0.05, 0.1) is 21.8 Å². The third-order valence-corrected chi connectivity index (χ3v) is 10.3. The number of nitrogens with zero attached hydrogens (tertiary/aromatic N) is 2. The van der Waals surface area contributed by atoms with Gasteiger partial charge in [-0.25, -0.2) is 0 Å². The molecular formula is C38H40Cl2N2O2. The van der Waals surface area contributed by atoms with Crippen LogP contribution in [0.1, 0.15) is 72.1 Å². The molecule has 2 aliphatic rings. The number of ketones is 1. The molecule has 0 spiro atoms. The van der Waals surface area contributed by atoms with Crippen molar-refractivity contribution in [3.8, 4) is 16.9 Å². The van der Waals surface area contributed by atoms with E-state index in [9.17, 15) is 9.90 Å². The largest absolute Gasteiger partial charge is 0.508 e. The summed E-state index contributed by atoms with van der Waals surface area (Å²) in [5.41, 5.74) is 7.10. The maximum Gasteiger partial charge on any atom is 0.163 e. The minimum atomic E-state index is -0.222. The van der Waals surface area contributed by atoms with Crippen LogP contribution in [0, 0.1) is 5.92 Å². The summed E-state index contributed by atoms with van der Waals surface area (Å²) in [6, 6.07) is 28.1. The number of hydrogen-bond donors (Lipinski definition) is 1. The van der Waals surface area contributed by atoms with Crippen LogP contribution in [0.3, 0.4) is 0 Å². The van der Waals surface area contributed by atoms with Crippen molar-refractivity contribution >= 4 is 34.7 Å². The number of rotatable bonds is 9. The van der Waals surface area contributed by atoms with Crippen LogP contribution in [0.2, 0.25) is 10.0 Å². The van der Waals surface area contributed by atoms with Crippen LogP contribution in [0.25, 0.3) is 11.1 Å². The third kappa shape index (κ3) is 6.54. The van der Waals surface area contributed by atoms with Crippen molar-refractivity contribution in [3.63, 3.8) is 0 Å². The van der Waals surface area contributed by atoms with Gasteiger partial charge in [0.25, 0.3) is 0 Å². The van der Waals surface area contributed by atoms with Gasteiger partial charge in [-0.05, 0) is 64.9 Å². The number of carbonyl (C=O) groups excluding carboxylic acids is 1. The molecule has 0 radical (unpaired) electrons. The average Bonchev–Trinajstić information content (AvgIpc) is 3.57. The number of carbonyl (C=O) groups is 1. The first-order valence-corrected chi connectivity index (χ1v) is 16.7. The summed E-state index contributed by atoms with van der Waals surface area (Å²) in [7, 11) is 0. The molecule has 1 N–H and O–H groups in total. The lowest BCUT2D eigenvalue weighted by atomic mass is 9.89. The van der Waals surface area contributed by atoms with E-state index in [2.05, 4.69) is 59.2 Å². The normalized spacial score (nSPS) is 16.8. The highest BCUT2D eigenvalue weighted by Crippen LogP contribution is 2.40. The Hall–Kier alpha value is -3.31. The highest BCUT2D eigenvalue weighted by atomic mass is 35.5. The quantitative estimate of drug-likeness (QED) is 0.188. The van der Waals surface area contributed by atoms with Gasteiger partial charge in [-0.2, -0.15) is 0 Å². The van der Waals surface area contributed by atoms with Crippen molar-refractivity contribution in [1.29, 1.82) is 0 Å². The number of anilines is 1. The van der Waals surface area contributed by atoms with Crippen molar-refractivity contribution in [2.75, 3.05) is 31.1 Å². The summed E-state index contributed by atoms with van der Waals surface area (Å²) in [6.45, 7) is 5.20. The van der Waals surface area contributed by atoms with Gasteiger partial charge in [-0.15, -0.1) is 0 Å². The Balaban J connectivity index is 1.36. The first kappa shape index (κ1) is 30.7. The zero-order valence-corrected chi connectivity index (χ0v) is 26.8. The number of aryl methyl sites for hydroxylation is 1. The molecule has 1 aliphatic heterocycles. The molecule has 4 nitrogen and oxygen atoms in total. The Morgan fingerprint density at radius 3 is 2.41 bits per heavy atom. The number of halogens is 2. The molecule has 0 bridgehead atoms. The lowest BCUT2D eigenvalue weighted by Crippen LogP contribution is -2.48. The van der Waals surface area contributed by atoms with Gasteiger partial charge in [-0.1, -0.05) is 110 Å². The number of hydrogen-bond acceptors (Lipinski definition) is 4. The summed E-state index contributed by atoms with van der Waals surface area (Å²) in [5, 5.41) is 12.5. The molecule has 2 fully saturated rings. The fourth-order valence-electron chi connectivity index (χ4n) is 7.07. The second-order valence-corrected chi connectivity index (χ2v) is 13.0. The molecule has 1 unspecified atom stereocenters. The van der Waals surface area contributed by atoms with E-state index in [-0.39, 0.29) is 17.6 Å². The van der Waals surface area contributed by atoms with Crippen LogP contribution in [0.4, 0.5) is 5.69 Å². The van der Waals surface area contributed by atoms with Crippen molar-refractivity contribution < 1.29 is 9.90 Å². The van der Waals surface area contributed by atoms with Crippen molar-refractivity contribution in [1.82, 2.24) is 4.90 Å². The molecule has 6 heteroatoms. The Morgan fingerprint density at radius 1 is 0.886 bits per heavy atom. The molecule has 0 amide bonds. The Bertz CT molecular complexity index is 1620. The summed E-state index contributed by atoms with van der Waals surface area (Å²) >= 11 is 12.9. The lowest BCUT2D eigenvalue weighted by Gasteiger charge is -2.41. The Labute approximate surface area is 271 Å². The van der Waals surface area contributed by atoms with Crippen LogP contribution in [-0.2, 0) is 6.42 Å². The van der Waals surface area contributed by atoms with Crippen LogP contribution in [0.5, 0.6) is 5.75 Å². The van der Waals surface area contributed by atoms with Crippen LogP contribution in [0.15, 0.2) is 84.9 Å².